The van der Waals surface area contributed by atoms with Crippen molar-refractivity contribution in [3.05, 3.63) is 18.2 Å². The van der Waals surface area contributed by atoms with E-state index in [0.29, 0.717) is 10.2 Å². The molecule has 0 aliphatic carbocycles. The van der Waals surface area contributed by atoms with Crippen LogP contribution >= 0.6 is 11.3 Å². The van der Waals surface area contributed by atoms with E-state index in [1.54, 1.807) is 13.8 Å². The quantitative estimate of drug-likeness (QED) is 0.703. The fourth-order valence-electron chi connectivity index (χ4n) is 1.71. The van der Waals surface area contributed by atoms with Gasteiger partial charge >= 0.3 is 140 Å². The molecule has 0 aliphatic heterocycles. The van der Waals surface area contributed by atoms with Crippen LogP contribution in [0.15, 0.2) is 18.2 Å². The van der Waals surface area contributed by atoms with Gasteiger partial charge in [0, 0.05) is 0 Å². The van der Waals surface area contributed by atoms with E-state index in [-0.39, 0.29) is 23.3 Å². The molecule has 1 unspecified atom stereocenters. The predicted molar refractivity (Wildman–Crippen MR) is 90.5 cm³/mol. The summed E-state index contributed by atoms with van der Waals surface area (Å²) in [5.41, 5.74) is 0.427. The van der Waals surface area contributed by atoms with Crippen LogP contribution in [0.1, 0.15) is 13.8 Å². The van der Waals surface area contributed by atoms with Crippen LogP contribution in [0.4, 0.5) is 18.3 Å². The third-order valence-electron chi connectivity index (χ3n) is 2.83. The average molecular weight is 437 g/mol. The van der Waals surface area contributed by atoms with Crippen LogP contribution in [0.3, 0.4) is 0 Å². The predicted octanol–water partition coefficient (Wildman–Crippen LogP) is 2.08. The van der Waals surface area contributed by atoms with Crippen molar-refractivity contribution < 1.29 is 27.5 Å². The molecular weight excluding hydrogens is 422 g/mol. The van der Waals surface area contributed by atoms with Gasteiger partial charge in [-0.2, -0.15) is 0 Å². The summed E-state index contributed by atoms with van der Waals surface area (Å²) in [7, 11) is 0. The van der Waals surface area contributed by atoms with Gasteiger partial charge in [0.1, 0.15) is 0 Å². The number of anilines is 1. The zero-order valence-electron chi connectivity index (χ0n) is 13.2. The molecule has 1 atom stereocenters. The first-order valence-corrected chi connectivity index (χ1v) is 9.00. The summed E-state index contributed by atoms with van der Waals surface area (Å²) in [6.45, 7) is 3.27. The van der Waals surface area contributed by atoms with Crippen LogP contribution in [0.25, 0.3) is 10.2 Å². The number of nitrogens with one attached hydrogen (secondary N) is 2. The number of ether oxygens (including phenoxy) is 1. The fraction of sp³-hybridized carbons (Fsp3) is 0.357. The topological polar surface area (TPSA) is 80.3 Å². The van der Waals surface area contributed by atoms with Crippen LogP contribution < -0.4 is 15.4 Å². The maximum atomic E-state index is 12.2. The van der Waals surface area contributed by atoms with Gasteiger partial charge in [-0.3, -0.25) is 0 Å². The number of thiazole rings is 1. The minimum atomic E-state index is -4.78. The summed E-state index contributed by atoms with van der Waals surface area (Å²) in [5, 5.41) is 5.23. The molecule has 0 bridgehead atoms. The summed E-state index contributed by atoms with van der Waals surface area (Å²) in [5.74, 6) is -1.09. The molecule has 6 nitrogen and oxygen atoms in total. The normalized spacial score (nSPS) is 12.1. The first-order valence-electron chi connectivity index (χ1n) is 6.97. The number of rotatable bonds is 5. The Bertz CT molecular complexity index is 802. The van der Waals surface area contributed by atoms with E-state index in [1.165, 1.54) is 29.0 Å². The van der Waals surface area contributed by atoms with Crippen LogP contribution in [-0.4, -0.2) is 46.6 Å². The third kappa shape index (κ3) is 5.89. The second-order valence-corrected chi connectivity index (χ2v) is 9.71. The van der Waals surface area contributed by atoms with Gasteiger partial charge in [-0.1, -0.05) is 0 Å². The van der Waals surface area contributed by atoms with Gasteiger partial charge < -0.3 is 0 Å². The molecule has 11 heteroatoms. The van der Waals surface area contributed by atoms with Gasteiger partial charge in [-0.05, 0) is 0 Å². The minimum absolute atomic E-state index is 0.218. The number of carbonyl (C=O) groups excluding carboxylic acids is 2. The summed E-state index contributed by atoms with van der Waals surface area (Å²) < 4.78 is 40.4. The van der Waals surface area contributed by atoms with Crippen LogP contribution in [-0.2, 0) is 9.59 Å². The molecule has 2 rings (SSSR count). The summed E-state index contributed by atoms with van der Waals surface area (Å²) in [4.78, 5) is 27.7. The van der Waals surface area contributed by atoms with E-state index in [9.17, 15) is 22.8 Å². The number of nitrogens with zero attached hydrogens (tertiary/aromatic N) is 1. The molecule has 0 fully saturated rings. The molecule has 1 aromatic heterocycles. The Kier molecular flexibility index (Phi) is 5.63. The number of halogens is 3. The Labute approximate surface area is 153 Å². The third-order valence-corrected chi connectivity index (χ3v) is 4.32. The number of carbonyl (C=O) groups is 2. The van der Waals surface area contributed by atoms with E-state index in [0.717, 1.165) is 17.4 Å². The number of aromatic nitrogens is 1. The van der Waals surface area contributed by atoms with Gasteiger partial charge in [-0.25, -0.2) is 0 Å². The van der Waals surface area contributed by atoms with Crippen molar-refractivity contribution in [2.45, 2.75) is 24.4 Å². The second-order valence-electron chi connectivity index (χ2n) is 5.65. The first-order chi connectivity index (χ1) is 11.4. The molecule has 1 heterocycles. The van der Waals surface area contributed by atoms with Crippen molar-refractivity contribution in [2.24, 2.45) is 0 Å². The van der Waals surface area contributed by atoms with Crippen molar-refractivity contribution in [3.8, 4) is 5.75 Å². The molecule has 0 saturated heterocycles. The second kappa shape index (κ2) is 7.21. The van der Waals surface area contributed by atoms with Crippen LogP contribution in [0.2, 0.25) is 4.20 Å². The molecule has 2 N–H and O–H groups in total. The maximum absolute atomic E-state index is 12.2. The van der Waals surface area contributed by atoms with Gasteiger partial charge in [0.25, 0.3) is 0 Å². The molecule has 136 valence electrons. The summed E-state index contributed by atoms with van der Waals surface area (Å²) in [6, 6.07) is 3.71. The Morgan fingerprint density at radius 2 is 2.00 bits per heavy atom. The van der Waals surface area contributed by atoms with E-state index < -0.39 is 16.5 Å². The van der Waals surface area contributed by atoms with E-state index in [4.69, 9.17) is 0 Å². The number of alkyl halides is 3. The van der Waals surface area contributed by atoms with Crippen molar-refractivity contribution in [2.75, 3.05) is 11.9 Å². The zero-order valence-corrected chi connectivity index (χ0v) is 16.5. The summed E-state index contributed by atoms with van der Waals surface area (Å²) in [6.07, 6.45) is -4.78. The molecule has 0 saturated carbocycles. The molecule has 2 amide bonds. The van der Waals surface area contributed by atoms with E-state index in [1.807, 2.05) is 0 Å². The number of amides is 2. The standard InChI is InChI=1S/C14H15AsF3N3O3S/c1-13(2,15)11(23)19-6-10(22)21-12-20-8-4-3-7(5-9(8)25-12)24-14(16,17)18/h3-5H,6,15H2,1-2H3,(H,19,23)(H,20,21,22). The van der Waals surface area contributed by atoms with Gasteiger partial charge in [-0.15, -0.1) is 13.2 Å². The van der Waals surface area contributed by atoms with Crippen molar-refractivity contribution >= 4 is 55.4 Å². The molecule has 2 aromatic rings. The molecular formula is C14H15AsF3N3O3S. The number of hydrogen-bond acceptors (Lipinski definition) is 5. The number of fused-ring (bicyclic) bond motifs is 1. The van der Waals surface area contributed by atoms with Crippen molar-refractivity contribution in [3.63, 3.8) is 0 Å². The van der Waals surface area contributed by atoms with Crippen molar-refractivity contribution in [1.82, 2.24) is 10.3 Å². The van der Waals surface area contributed by atoms with E-state index in [2.05, 4.69) is 20.4 Å². The molecule has 0 spiro atoms. The zero-order chi connectivity index (χ0) is 18.8. The Morgan fingerprint density at radius 1 is 1.32 bits per heavy atom. The number of benzene rings is 1. The van der Waals surface area contributed by atoms with Crippen LogP contribution in [0, 0.1) is 0 Å². The molecule has 0 radical (unpaired) electrons. The Morgan fingerprint density at radius 3 is 2.60 bits per heavy atom. The van der Waals surface area contributed by atoms with Crippen molar-refractivity contribution in [1.29, 1.82) is 0 Å². The Hall–Kier alpha value is -1.80. The average Bonchev–Trinajstić information content (AvgIpc) is 2.83. The molecule has 1 aromatic carbocycles. The molecule has 25 heavy (non-hydrogen) atoms. The summed E-state index contributed by atoms with van der Waals surface area (Å²) >= 11 is 2.24. The first kappa shape index (κ1) is 19.5. The molecule has 0 aliphatic rings. The van der Waals surface area contributed by atoms with Gasteiger partial charge in [0.2, 0.25) is 0 Å². The van der Waals surface area contributed by atoms with Gasteiger partial charge in [0.15, 0.2) is 0 Å². The Balaban J connectivity index is 2.02. The van der Waals surface area contributed by atoms with Gasteiger partial charge in [0.05, 0.1) is 0 Å². The van der Waals surface area contributed by atoms with Crippen LogP contribution in [0.5, 0.6) is 5.75 Å². The number of hydrogen-bond donors (Lipinski definition) is 2. The SMILES string of the molecule is CC(C)([AsH2])C(=O)NCC(=O)Nc1nc2ccc(OC(F)(F)F)cc2s1. The van der Waals surface area contributed by atoms with E-state index >= 15 is 0 Å². The fourth-order valence-corrected chi connectivity index (χ4v) is 2.83. The monoisotopic (exact) mass is 437 g/mol.